The Morgan fingerprint density at radius 2 is 1.92 bits per heavy atom. The van der Waals surface area contributed by atoms with Gasteiger partial charge in [-0.1, -0.05) is 30.3 Å². The van der Waals surface area contributed by atoms with Crippen LogP contribution in [0, 0.1) is 0 Å². The van der Waals surface area contributed by atoms with Crippen LogP contribution < -0.4 is 10.3 Å². The van der Waals surface area contributed by atoms with Crippen molar-refractivity contribution in [2.75, 3.05) is 6.61 Å². The standard InChI is InChI=1S/C19H19NO4S/c1-3-20-14-10-11-25-17(14)15(19(22)23-4-2)16(18(20)21)24-12-13-8-6-5-7-9-13/h5-11H,3-4,12H2,1-2H3. The highest BCUT2D eigenvalue weighted by Crippen LogP contribution is 2.30. The summed E-state index contributed by atoms with van der Waals surface area (Å²) in [7, 11) is 0. The molecule has 3 rings (SSSR count). The second kappa shape index (κ2) is 7.53. The molecule has 0 atom stereocenters. The highest BCUT2D eigenvalue weighted by atomic mass is 32.1. The molecule has 0 aliphatic rings. The number of nitrogens with zero attached hydrogens (tertiary/aromatic N) is 1. The van der Waals surface area contributed by atoms with Gasteiger partial charge in [0.25, 0.3) is 5.56 Å². The van der Waals surface area contributed by atoms with Gasteiger partial charge in [0.15, 0.2) is 0 Å². The molecule has 130 valence electrons. The highest BCUT2D eigenvalue weighted by Gasteiger charge is 2.25. The van der Waals surface area contributed by atoms with Crippen LogP contribution in [0.1, 0.15) is 29.8 Å². The molecule has 0 spiro atoms. The number of hydrogen-bond donors (Lipinski definition) is 0. The molecule has 0 N–H and O–H groups in total. The first-order valence-corrected chi connectivity index (χ1v) is 9.03. The average Bonchev–Trinajstić information content (AvgIpc) is 3.09. The fourth-order valence-corrected chi connectivity index (χ4v) is 3.64. The van der Waals surface area contributed by atoms with E-state index >= 15 is 0 Å². The number of pyridine rings is 1. The fraction of sp³-hybridized carbons (Fsp3) is 0.263. The summed E-state index contributed by atoms with van der Waals surface area (Å²) in [6.45, 7) is 4.57. The first kappa shape index (κ1) is 17.2. The molecule has 0 aliphatic carbocycles. The SMILES string of the molecule is CCOC(=O)c1c(OCc2ccccc2)c(=O)n(CC)c2ccsc12. The third kappa shape index (κ3) is 3.30. The molecule has 0 saturated heterocycles. The normalized spacial score (nSPS) is 10.8. The molecular formula is C19H19NO4S. The van der Waals surface area contributed by atoms with E-state index < -0.39 is 5.97 Å². The van der Waals surface area contributed by atoms with Gasteiger partial charge in [0, 0.05) is 6.54 Å². The van der Waals surface area contributed by atoms with Gasteiger partial charge in [-0.2, -0.15) is 0 Å². The van der Waals surface area contributed by atoms with E-state index in [0.717, 1.165) is 11.1 Å². The summed E-state index contributed by atoms with van der Waals surface area (Å²) >= 11 is 1.40. The minimum absolute atomic E-state index is 0.0547. The summed E-state index contributed by atoms with van der Waals surface area (Å²) < 4.78 is 13.3. The van der Waals surface area contributed by atoms with E-state index in [0.29, 0.717) is 11.2 Å². The summed E-state index contributed by atoms with van der Waals surface area (Å²) in [5.41, 5.74) is 1.56. The second-order valence-corrected chi connectivity index (χ2v) is 6.30. The van der Waals surface area contributed by atoms with Gasteiger partial charge in [-0.05, 0) is 30.9 Å². The minimum atomic E-state index is -0.529. The number of thiophene rings is 1. The van der Waals surface area contributed by atoms with Crippen molar-refractivity contribution in [3.63, 3.8) is 0 Å². The van der Waals surface area contributed by atoms with Crippen molar-refractivity contribution < 1.29 is 14.3 Å². The number of benzene rings is 1. The van der Waals surface area contributed by atoms with Gasteiger partial charge in [-0.15, -0.1) is 11.3 Å². The molecule has 0 saturated carbocycles. The zero-order valence-electron chi connectivity index (χ0n) is 14.2. The maximum absolute atomic E-state index is 12.9. The van der Waals surface area contributed by atoms with E-state index in [1.165, 1.54) is 11.3 Å². The van der Waals surface area contributed by atoms with Crippen molar-refractivity contribution in [3.8, 4) is 5.75 Å². The Bertz CT molecular complexity index is 943. The van der Waals surface area contributed by atoms with Crippen LogP contribution in [0.15, 0.2) is 46.6 Å². The molecule has 5 nitrogen and oxygen atoms in total. The number of carbonyl (C=O) groups is 1. The van der Waals surface area contributed by atoms with E-state index in [4.69, 9.17) is 9.47 Å². The Labute approximate surface area is 149 Å². The minimum Gasteiger partial charge on any atom is -0.482 e. The molecule has 2 aromatic heterocycles. The maximum atomic E-state index is 12.9. The summed E-state index contributed by atoms with van der Waals surface area (Å²) in [6, 6.07) is 11.4. The van der Waals surface area contributed by atoms with Crippen LogP contribution in [0.5, 0.6) is 5.75 Å². The van der Waals surface area contributed by atoms with E-state index in [9.17, 15) is 9.59 Å². The molecule has 0 radical (unpaired) electrons. The van der Waals surface area contributed by atoms with Gasteiger partial charge in [-0.25, -0.2) is 4.79 Å². The molecule has 0 amide bonds. The predicted molar refractivity (Wildman–Crippen MR) is 98.5 cm³/mol. The van der Waals surface area contributed by atoms with Crippen LogP contribution in [-0.4, -0.2) is 17.1 Å². The van der Waals surface area contributed by atoms with E-state index in [1.807, 2.05) is 48.7 Å². The summed E-state index contributed by atoms with van der Waals surface area (Å²) in [5, 5.41) is 1.86. The summed E-state index contributed by atoms with van der Waals surface area (Å²) in [4.78, 5) is 25.4. The number of fused-ring (bicyclic) bond motifs is 1. The quantitative estimate of drug-likeness (QED) is 0.629. The summed E-state index contributed by atoms with van der Waals surface area (Å²) in [6.07, 6.45) is 0. The number of esters is 1. The smallest absolute Gasteiger partial charge is 0.343 e. The molecule has 1 aromatic carbocycles. The van der Waals surface area contributed by atoms with Gasteiger partial charge < -0.3 is 14.0 Å². The molecular weight excluding hydrogens is 338 g/mol. The molecule has 0 unspecified atom stereocenters. The van der Waals surface area contributed by atoms with Gasteiger partial charge in [-0.3, -0.25) is 4.79 Å². The van der Waals surface area contributed by atoms with Gasteiger partial charge in [0.05, 0.1) is 16.8 Å². The number of aryl methyl sites for hydroxylation is 1. The Morgan fingerprint density at radius 3 is 2.60 bits per heavy atom. The van der Waals surface area contributed by atoms with Crippen LogP contribution in [-0.2, 0) is 17.9 Å². The van der Waals surface area contributed by atoms with Gasteiger partial charge >= 0.3 is 5.97 Å². The summed E-state index contributed by atoms with van der Waals surface area (Å²) in [5.74, 6) is -0.475. The number of ether oxygens (including phenoxy) is 2. The van der Waals surface area contributed by atoms with Crippen LogP contribution >= 0.6 is 11.3 Å². The lowest BCUT2D eigenvalue weighted by molar-refractivity contribution is 0.0523. The fourth-order valence-electron chi connectivity index (χ4n) is 2.71. The van der Waals surface area contributed by atoms with Crippen molar-refractivity contribution in [1.29, 1.82) is 0 Å². The average molecular weight is 357 g/mol. The Morgan fingerprint density at radius 1 is 1.16 bits per heavy atom. The Kier molecular flexibility index (Phi) is 5.19. The van der Waals surface area contributed by atoms with Gasteiger partial charge in [0.1, 0.15) is 12.2 Å². The first-order valence-electron chi connectivity index (χ1n) is 8.15. The van der Waals surface area contributed by atoms with Crippen molar-refractivity contribution in [2.24, 2.45) is 0 Å². The van der Waals surface area contributed by atoms with Gasteiger partial charge in [0.2, 0.25) is 5.75 Å². The zero-order chi connectivity index (χ0) is 17.8. The van der Waals surface area contributed by atoms with Crippen LogP contribution in [0.25, 0.3) is 10.2 Å². The largest absolute Gasteiger partial charge is 0.482 e. The van der Waals surface area contributed by atoms with Crippen LogP contribution in [0.3, 0.4) is 0 Å². The monoisotopic (exact) mass is 357 g/mol. The zero-order valence-corrected chi connectivity index (χ0v) is 15.0. The van der Waals surface area contributed by atoms with Crippen molar-refractivity contribution in [3.05, 3.63) is 63.3 Å². The highest BCUT2D eigenvalue weighted by molar-refractivity contribution is 7.17. The van der Waals surface area contributed by atoms with E-state index in [1.54, 1.807) is 11.5 Å². The molecule has 25 heavy (non-hydrogen) atoms. The second-order valence-electron chi connectivity index (χ2n) is 5.38. The molecule has 0 fully saturated rings. The molecule has 6 heteroatoms. The number of hydrogen-bond acceptors (Lipinski definition) is 5. The Balaban J connectivity index is 2.13. The first-order chi connectivity index (χ1) is 12.2. The third-order valence-corrected chi connectivity index (χ3v) is 4.77. The number of carbonyl (C=O) groups excluding carboxylic acids is 1. The lowest BCUT2D eigenvalue weighted by Gasteiger charge is -2.14. The van der Waals surface area contributed by atoms with Crippen LogP contribution in [0.4, 0.5) is 0 Å². The molecule has 0 aliphatic heterocycles. The lowest BCUT2D eigenvalue weighted by atomic mass is 10.2. The molecule has 0 bridgehead atoms. The maximum Gasteiger partial charge on any atom is 0.343 e. The Hall–Kier alpha value is -2.60. The molecule has 2 heterocycles. The predicted octanol–water partition coefficient (Wildman–Crippen LogP) is 3.84. The van der Waals surface area contributed by atoms with Crippen molar-refractivity contribution in [2.45, 2.75) is 27.0 Å². The van der Waals surface area contributed by atoms with E-state index in [2.05, 4.69) is 0 Å². The lowest BCUT2D eigenvalue weighted by Crippen LogP contribution is -2.25. The van der Waals surface area contributed by atoms with E-state index in [-0.39, 0.29) is 30.1 Å². The molecule has 3 aromatic rings. The van der Waals surface area contributed by atoms with Crippen molar-refractivity contribution >= 4 is 27.5 Å². The number of rotatable bonds is 6. The topological polar surface area (TPSA) is 57.5 Å². The third-order valence-electron chi connectivity index (χ3n) is 3.85. The van der Waals surface area contributed by atoms with Crippen molar-refractivity contribution in [1.82, 2.24) is 4.57 Å². The van der Waals surface area contributed by atoms with Crippen LogP contribution in [0.2, 0.25) is 0 Å². The number of aromatic nitrogens is 1.